The summed E-state index contributed by atoms with van der Waals surface area (Å²) in [5, 5.41) is 32.5. The van der Waals surface area contributed by atoms with Gasteiger partial charge in [0, 0.05) is 6.04 Å². The quantitative estimate of drug-likeness (QED) is 0.447. The highest BCUT2D eigenvalue weighted by Gasteiger charge is 2.29. The van der Waals surface area contributed by atoms with E-state index >= 15 is 0 Å². The van der Waals surface area contributed by atoms with Crippen LogP contribution in [0.3, 0.4) is 0 Å². The fourth-order valence-corrected chi connectivity index (χ4v) is 1.74. The molecule has 0 spiro atoms. The van der Waals surface area contributed by atoms with Crippen LogP contribution in [0.1, 0.15) is 56.1 Å². The van der Waals surface area contributed by atoms with E-state index in [1.807, 2.05) is 45.9 Å². The first-order valence-corrected chi connectivity index (χ1v) is 8.20. The fraction of sp³-hybridized carbons (Fsp3) is 0.500. The number of benzene rings is 1. The van der Waals surface area contributed by atoms with Crippen molar-refractivity contribution >= 4 is 17.9 Å². The molecule has 6 N–H and O–H groups in total. The lowest BCUT2D eigenvalue weighted by atomic mass is 10.0. The number of rotatable bonds is 6. The van der Waals surface area contributed by atoms with Gasteiger partial charge in [0.1, 0.15) is 5.60 Å². The molecule has 9 heteroatoms. The van der Waals surface area contributed by atoms with E-state index in [1.54, 1.807) is 6.07 Å². The van der Waals surface area contributed by atoms with Crippen LogP contribution < -0.4 is 5.73 Å². The van der Waals surface area contributed by atoms with Gasteiger partial charge in [0.2, 0.25) is 0 Å². The number of carbonyl (C=O) groups is 3. The molecule has 0 aliphatic rings. The highest BCUT2D eigenvalue weighted by molar-refractivity contribution is 5.89. The third kappa shape index (κ3) is 9.13. The van der Waals surface area contributed by atoms with Gasteiger partial charge in [-0.15, -0.1) is 0 Å². The number of nitrogens with two attached hydrogens (primary N) is 1. The molecule has 0 aliphatic heterocycles. The third-order valence-electron chi connectivity index (χ3n) is 3.19. The number of carboxylic acids is 2. The van der Waals surface area contributed by atoms with E-state index < -0.39 is 29.7 Å². The second-order valence-corrected chi connectivity index (χ2v) is 6.71. The van der Waals surface area contributed by atoms with Gasteiger partial charge in [0.15, 0.2) is 12.2 Å². The summed E-state index contributed by atoms with van der Waals surface area (Å²) >= 11 is 0. The van der Waals surface area contributed by atoms with Gasteiger partial charge in [0.05, 0.1) is 5.56 Å². The maximum absolute atomic E-state index is 11.9. The SMILES string of the molecule is CC[C@@H](N)c1cccc(C(=O)OC(C)(C)C)c1.O=C(O)C(O)C(O)C(=O)O. The van der Waals surface area contributed by atoms with Gasteiger partial charge in [-0.2, -0.15) is 0 Å². The smallest absolute Gasteiger partial charge is 0.338 e. The Morgan fingerprint density at radius 3 is 1.93 bits per heavy atom. The van der Waals surface area contributed by atoms with E-state index in [9.17, 15) is 14.4 Å². The second-order valence-electron chi connectivity index (χ2n) is 6.71. The van der Waals surface area contributed by atoms with Crippen molar-refractivity contribution in [2.45, 2.75) is 58.0 Å². The molecule has 0 aliphatic carbocycles. The Kier molecular flexibility index (Phi) is 9.63. The molecule has 1 rings (SSSR count). The molecule has 3 atom stereocenters. The van der Waals surface area contributed by atoms with Crippen LogP contribution in [-0.2, 0) is 14.3 Å². The van der Waals surface area contributed by atoms with Crippen LogP contribution in [0.15, 0.2) is 24.3 Å². The maximum atomic E-state index is 11.9. The molecule has 0 saturated heterocycles. The molecule has 0 fully saturated rings. The first kappa shape index (κ1) is 24.5. The highest BCUT2D eigenvalue weighted by Crippen LogP contribution is 2.17. The number of ether oxygens (including phenoxy) is 1. The molecule has 1 aromatic rings. The highest BCUT2D eigenvalue weighted by atomic mass is 16.6. The van der Waals surface area contributed by atoms with Crippen molar-refractivity contribution in [2.24, 2.45) is 5.73 Å². The molecular formula is C18H27NO8. The first-order chi connectivity index (χ1) is 12.3. The maximum Gasteiger partial charge on any atom is 0.338 e. The molecule has 2 unspecified atom stereocenters. The standard InChI is InChI=1S/C14H21NO2.C4H6O6/c1-5-12(15)10-7-6-8-11(9-10)13(16)17-14(2,3)4;5-1(3(7)8)2(6)4(9)10/h6-9,12H,5,15H2,1-4H3;1-2,5-6H,(H,7,8)(H,9,10)/t12-;/m1./s1. The van der Waals surface area contributed by atoms with Crippen LogP contribution in [0.5, 0.6) is 0 Å². The largest absolute Gasteiger partial charge is 0.479 e. The van der Waals surface area contributed by atoms with Crippen molar-refractivity contribution in [3.63, 3.8) is 0 Å². The number of hydrogen-bond acceptors (Lipinski definition) is 7. The molecule has 0 bridgehead atoms. The Hall–Kier alpha value is -2.49. The summed E-state index contributed by atoms with van der Waals surface area (Å²) in [6.45, 7) is 7.58. The summed E-state index contributed by atoms with van der Waals surface area (Å²) < 4.78 is 5.31. The van der Waals surface area contributed by atoms with Crippen molar-refractivity contribution in [3.05, 3.63) is 35.4 Å². The van der Waals surface area contributed by atoms with Crippen LogP contribution in [0, 0.1) is 0 Å². The summed E-state index contributed by atoms with van der Waals surface area (Å²) in [6, 6.07) is 7.30. The summed E-state index contributed by atoms with van der Waals surface area (Å²) in [7, 11) is 0. The zero-order chi connectivity index (χ0) is 21.4. The minimum Gasteiger partial charge on any atom is -0.479 e. The summed E-state index contributed by atoms with van der Waals surface area (Å²) in [6.07, 6.45) is -3.69. The molecule has 27 heavy (non-hydrogen) atoms. The van der Waals surface area contributed by atoms with Gasteiger partial charge in [-0.05, 0) is 44.9 Å². The summed E-state index contributed by atoms with van der Waals surface area (Å²) in [5.74, 6) is -3.84. The summed E-state index contributed by atoms with van der Waals surface area (Å²) in [5.41, 5.74) is 6.99. The molecule has 152 valence electrons. The van der Waals surface area contributed by atoms with Crippen molar-refractivity contribution in [1.29, 1.82) is 0 Å². The lowest BCUT2D eigenvalue weighted by Crippen LogP contribution is -2.39. The van der Waals surface area contributed by atoms with Gasteiger partial charge in [-0.1, -0.05) is 19.1 Å². The topological polar surface area (TPSA) is 167 Å². The molecule has 1 aromatic carbocycles. The molecule has 0 heterocycles. The van der Waals surface area contributed by atoms with Crippen molar-refractivity contribution in [3.8, 4) is 0 Å². The lowest BCUT2D eigenvalue weighted by molar-refractivity contribution is -0.165. The van der Waals surface area contributed by atoms with Gasteiger partial charge in [0.25, 0.3) is 0 Å². The number of aliphatic carboxylic acids is 2. The number of esters is 1. The number of aliphatic hydroxyl groups excluding tert-OH is 2. The zero-order valence-corrected chi connectivity index (χ0v) is 15.7. The molecule has 0 saturated carbocycles. The first-order valence-electron chi connectivity index (χ1n) is 8.20. The molecule has 0 amide bonds. The average molecular weight is 385 g/mol. The van der Waals surface area contributed by atoms with E-state index in [0.29, 0.717) is 5.56 Å². The van der Waals surface area contributed by atoms with Gasteiger partial charge in [-0.3, -0.25) is 0 Å². The molecule has 9 nitrogen and oxygen atoms in total. The Labute approximate surface area is 157 Å². The van der Waals surface area contributed by atoms with Gasteiger partial charge in [-0.25, -0.2) is 14.4 Å². The molecule has 0 aromatic heterocycles. The van der Waals surface area contributed by atoms with Crippen LogP contribution in [-0.4, -0.2) is 56.1 Å². The number of carboxylic acid groups (broad SMARTS) is 2. The van der Waals surface area contributed by atoms with Gasteiger partial charge < -0.3 is 30.9 Å². The van der Waals surface area contributed by atoms with Crippen LogP contribution >= 0.6 is 0 Å². The van der Waals surface area contributed by atoms with Crippen LogP contribution in [0.2, 0.25) is 0 Å². The number of carbonyl (C=O) groups excluding carboxylic acids is 1. The Bertz CT molecular complexity index is 635. The van der Waals surface area contributed by atoms with Crippen LogP contribution in [0.4, 0.5) is 0 Å². The van der Waals surface area contributed by atoms with Crippen molar-refractivity contribution < 1.29 is 39.5 Å². The van der Waals surface area contributed by atoms with Crippen molar-refractivity contribution in [2.75, 3.05) is 0 Å². The minimum atomic E-state index is -2.27. The second kappa shape index (κ2) is 10.6. The fourth-order valence-electron chi connectivity index (χ4n) is 1.74. The predicted molar refractivity (Wildman–Crippen MR) is 96.1 cm³/mol. The lowest BCUT2D eigenvalue weighted by Gasteiger charge is -2.20. The van der Waals surface area contributed by atoms with Crippen LogP contribution in [0.25, 0.3) is 0 Å². The Morgan fingerprint density at radius 1 is 1.07 bits per heavy atom. The van der Waals surface area contributed by atoms with Gasteiger partial charge >= 0.3 is 17.9 Å². The Morgan fingerprint density at radius 2 is 1.56 bits per heavy atom. The number of aliphatic hydroxyl groups is 2. The normalized spacial score (nSPS) is 14.2. The number of hydrogen-bond donors (Lipinski definition) is 5. The van der Waals surface area contributed by atoms with E-state index in [2.05, 4.69) is 0 Å². The predicted octanol–water partition coefficient (Wildman–Crippen LogP) is 0.929. The monoisotopic (exact) mass is 385 g/mol. The van der Waals surface area contributed by atoms with E-state index in [4.69, 9.17) is 30.9 Å². The summed E-state index contributed by atoms with van der Waals surface area (Å²) in [4.78, 5) is 31.4. The van der Waals surface area contributed by atoms with E-state index in [1.165, 1.54) is 0 Å². The zero-order valence-electron chi connectivity index (χ0n) is 15.7. The molecule has 0 radical (unpaired) electrons. The van der Waals surface area contributed by atoms with E-state index in [-0.39, 0.29) is 12.0 Å². The Balaban J connectivity index is 0.000000580. The van der Waals surface area contributed by atoms with E-state index in [0.717, 1.165) is 12.0 Å². The third-order valence-corrected chi connectivity index (χ3v) is 3.19. The van der Waals surface area contributed by atoms with Crippen molar-refractivity contribution in [1.82, 2.24) is 0 Å². The average Bonchev–Trinajstić information content (AvgIpc) is 2.58. The minimum absolute atomic E-state index is 0.0302. The molecular weight excluding hydrogens is 358 g/mol.